The topological polar surface area (TPSA) is 0 Å². The molecular weight excluding hydrogens is 370 g/mol. The molecule has 0 atom stereocenters. The first-order chi connectivity index (χ1) is 9.74. The third-order valence-corrected chi connectivity index (χ3v) is 5.56. The molecule has 21 heavy (non-hydrogen) atoms. The van der Waals surface area contributed by atoms with Crippen molar-refractivity contribution in [2.75, 3.05) is 13.3 Å². The predicted octanol–water partition coefficient (Wildman–Crippen LogP) is 5.72. The number of hydrogen-bond donors (Lipinski definition) is 0. The van der Waals surface area contributed by atoms with Crippen molar-refractivity contribution >= 4 is 35.3 Å². The van der Waals surface area contributed by atoms with E-state index in [9.17, 15) is 0 Å². The van der Waals surface area contributed by atoms with Crippen molar-refractivity contribution in [1.82, 2.24) is 0 Å². The first kappa shape index (κ1) is 16.8. The summed E-state index contributed by atoms with van der Waals surface area (Å²) in [6.07, 6.45) is 0. The standard InChI is InChI=1S/C11H12P.C7H5S.Zr.2H/c1-12(2)11-7-9-5-3-4-6-10(9)8-11;1-2-6-4-5-8-7(6)3-1;;;/h3-8H,1-2H3;1-5H;;;/q2*-1;+4;2*-1. The van der Waals surface area contributed by atoms with E-state index in [1.165, 1.54) is 26.5 Å². The smallest absolute Gasteiger partial charge is 1.00 e. The summed E-state index contributed by atoms with van der Waals surface area (Å²) in [6, 6.07) is 21.7. The largest absolute Gasteiger partial charge is 4.00 e. The third-order valence-electron chi connectivity index (χ3n) is 3.37. The van der Waals surface area contributed by atoms with Crippen molar-refractivity contribution in [3.05, 3.63) is 66.0 Å². The van der Waals surface area contributed by atoms with E-state index in [0.717, 1.165) is 0 Å². The van der Waals surface area contributed by atoms with Gasteiger partial charge in [0.05, 0.1) is 0 Å². The van der Waals surface area contributed by atoms with Gasteiger partial charge in [0.1, 0.15) is 0 Å². The molecule has 2 aromatic rings. The van der Waals surface area contributed by atoms with Gasteiger partial charge < -0.3 is 2.85 Å². The van der Waals surface area contributed by atoms with Gasteiger partial charge in [-0.3, -0.25) is 11.3 Å². The zero-order valence-electron chi connectivity index (χ0n) is 14.2. The van der Waals surface area contributed by atoms with Crippen LogP contribution in [0.25, 0.3) is 21.2 Å². The van der Waals surface area contributed by atoms with E-state index < -0.39 is 0 Å². The van der Waals surface area contributed by atoms with Gasteiger partial charge in [-0.25, -0.2) is 0 Å². The predicted molar refractivity (Wildman–Crippen MR) is 96.7 cm³/mol. The van der Waals surface area contributed by atoms with Crippen LogP contribution in [-0.4, -0.2) is 13.3 Å². The van der Waals surface area contributed by atoms with Gasteiger partial charge in [-0.15, -0.1) is 70.7 Å². The van der Waals surface area contributed by atoms with Gasteiger partial charge in [0.2, 0.25) is 0 Å². The Bertz CT molecular complexity index is 694. The van der Waals surface area contributed by atoms with Gasteiger partial charge in [-0.05, 0) is 13.3 Å². The van der Waals surface area contributed by atoms with Crippen LogP contribution >= 0.6 is 19.3 Å². The van der Waals surface area contributed by atoms with Crippen LogP contribution in [0.5, 0.6) is 0 Å². The van der Waals surface area contributed by atoms with E-state index in [2.05, 4.69) is 79.4 Å². The van der Waals surface area contributed by atoms with Crippen molar-refractivity contribution in [1.29, 1.82) is 0 Å². The normalized spacial score (nSPS) is 10.4. The van der Waals surface area contributed by atoms with Crippen LogP contribution in [0, 0.1) is 0 Å². The number of rotatable bonds is 1. The molecule has 1 aliphatic heterocycles. The summed E-state index contributed by atoms with van der Waals surface area (Å²) < 4.78 is 0. The van der Waals surface area contributed by atoms with Crippen molar-refractivity contribution in [2.45, 2.75) is 0 Å². The van der Waals surface area contributed by atoms with Crippen molar-refractivity contribution in [3.63, 3.8) is 0 Å². The molecule has 0 bridgehead atoms. The molecule has 0 saturated carbocycles. The molecule has 0 nitrogen and oxygen atoms in total. The van der Waals surface area contributed by atoms with Crippen molar-refractivity contribution in [3.8, 4) is 10.4 Å². The minimum absolute atomic E-state index is 0. The number of fused-ring (bicyclic) bond motifs is 2. The molecule has 1 aliphatic carbocycles. The molecule has 2 aliphatic rings. The SMILES string of the molecule is CP(C)c1cc2ccccc2[cH-]1.[H-].[H-].[Zr+4].c1cc2c[cH-]sc-2c1. The van der Waals surface area contributed by atoms with Crippen LogP contribution in [0.2, 0.25) is 0 Å². The zero-order valence-corrected chi connectivity index (χ0v) is 16.4. The van der Waals surface area contributed by atoms with Crippen LogP contribution in [0.4, 0.5) is 0 Å². The summed E-state index contributed by atoms with van der Waals surface area (Å²) in [5.74, 6) is 0. The Balaban J connectivity index is 0.000000392. The van der Waals surface area contributed by atoms with E-state index in [-0.39, 0.29) is 37.0 Å². The first-order valence-corrected chi connectivity index (χ1v) is 9.77. The van der Waals surface area contributed by atoms with Crippen molar-refractivity contribution < 1.29 is 29.1 Å². The van der Waals surface area contributed by atoms with Crippen LogP contribution in [-0.2, 0) is 26.2 Å². The fourth-order valence-corrected chi connectivity index (χ4v) is 3.82. The second-order valence-corrected chi connectivity index (χ2v) is 8.26. The molecule has 0 N–H and O–H groups in total. The van der Waals surface area contributed by atoms with E-state index in [4.69, 9.17) is 0 Å². The number of thiophene rings is 1. The van der Waals surface area contributed by atoms with Gasteiger partial charge in [0.15, 0.2) is 0 Å². The number of hydrogen-bond acceptors (Lipinski definition) is 1. The Labute approximate surface area is 153 Å². The molecule has 106 valence electrons. The fraction of sp³-hybridized carbons (Fsp3) is 0.111. The summed E-state index contributed by atoms with van der Waals surface area (Å²) >= 11 is 1.79. The molecule has 0 unspecified atom stereocenters. The van der Waals surface area contributed by atoms with Gasteiger partial charge in [-0.1, -0.05) is 12.1 Å². The molecular formula is C18H19PSZr. The first-order valence-electron chi connectivity index (χ1n) is 6.66. The number of benzene rings is 1. The fourth-order valence-electron chi connectivity index (χ4n) is 2.24. The second-order valence-electron chi connectivity index (χ2n) is 5.00. The summed E-state index contributed by atoms with van der Waals surface area (Å²) in [5, 5.41) is 6.38. The third kappa shape index (κ3) is 4.01. The average molecular weight is 390 g/mol. The summed E-state index contributed by atoms with van der Waals surface area (Å²) in [5.41, 5.74) is 1.37. The zero-order chi connectivity index (χ0) is 13.9. The molecule has 2 aromatic carbocycles. The van der Waals surface area contributed by atoms with Crippen LogP contribution in [0.3, 0.4) is 0 Å². The van der Waals surface area contributed by atoms with Crippen LogP contribution < -0.4 is 5.30 Å². The monoisotopic (exact) mass is 388 g/mol. The average Bonchev–Trinajstić information content (AvgIpc) is 3.14. The minimum Gasteiger partial charge on any atom is -1.00 e. The van der Waals surface area contributed by atoms with Crippen LogP contribution in [0.15, 0.2) is 66.0 Å². The Hall–Kier alpha value is -0.547. The Morgan fingerprint density at radius 3 is 2.57 bits per heavy atom. The van der Waals surface area contributed by atoms with E-state index in [1.807, 2.05) is 0 Å². The maximum atomic E-state index is 2.31. The maximum Gasteiger partial charge on any atom is 4.00 e. The molecule has 1 heterocycles. The molecule has 0 amide bonds. The maximum absolute atomic E-state index is 2.31. The Morgan fingerprint density at radius 1 is 1.05 bits per heavy atom. The van der Waals surface area contributed by atoms with E-state index >= 15 is 0 Å². The van der Waals surface area contributed by atoms with E-state index in [1.54, 1.807) is 11.3 Å². The quantitative estimate of drug-likeness (QED) is 0.288. The second kappa shape index (κ2) is 7.64. The minimum atomic E-state index is 0. The molecule has 0 aromatic heterocycles. The molecule has 3 heteroatoms. The molecule has 0 spiro atoms. The Kier molecular flexibility index (Phi) is 6.12. The molecule has 0 radical (unpaired) electrons. The molecule has 0 saturated heterocycles. The van der Waals surface area contributed by atoms with Crippen LogP contribution in [0.1, 0.15) is 2.85 Å². The molecule has 4 rings (SSSR count). The summed E-state index contributed by atoms with van der Waals surface area (Å²) in [6.45, 7) is 4.59. The van der Waals surface area contributed by atoms with Crippen molar-refractivity contribution in [2.24, 2.45) is 0 Å². The van der Waals surface area contributed by atoms with E-state index in [0.29, 0.717) is 0 Å². The summed E-state index contributed by atoms with van der Waals surface area (Å²) in [7, 11) is 0.0576. The van der Waals surface area contributed by atoms with Gasteiger partial charge in [0.25, 0.3) is 0 Å². The van der Waals surface area contributed by atoms with Gasteiger partial charge in [-0.2, -0.15) is 17.7 Å². The Morgan fingerprint density at radius 2 is 1.86 bits per heavy atom. The summed E-state index contributed by atoms with van der Waals surface area (Å²) in [4.78, 5) is 1.39. The van der Waals surface area contributed by atoms with Gasteiger partial charge in [0, 0.05) is 0 Å². The van der Waals surface area contributed by atoms with Gasteiger partial charge >= 0.3 is 26.2 Å². The molecule has 0 fully saturated rings.